The molecule has 0 atom stereocenters. The first-order valence-electron chi connectivity index (χ1n) is 21.8. The van der Waals surface area contributed by atoms with Gasteiger partial charge in [-0.15, -0.1) is 0 Å². The van der Waals surface area contributed by atoms with Crippen LogP contribution in [0.4, 0.5) is 17.1 Å². The zero-order valence-electron chi connectivity index (χ0n) is 35.2. The zero-order chi connectivity index (χ0) is 42.1. The van der Waals surface area contributed by atoms with Gasteiger partial charge < -0.3 is 9.32 Å². The Bertz CT molecular complexity index is 3510. The molecule has 63 heavy (non-hydrogen) atoms. The number of benzene rings is 10. The van der Waals surface area contributed by atoms with Crippen LogP contribution in [0.1, 0.15) is 25.0 Å². The smallest absolute Gasteiger partial charge is 0.143 e. The number of fused-ring (bicyclic) bond motifs is 8. The highest BCUT2D eigenvalue weighted by molar-refractivity contribution is 6.19. The fraction of sp³-hybridized carbons (Fsp3) is 0.0492. The summed E-state index contributed by atoms with van der Waals surface area (Å²) in [4.78, 5) is 2.40. The molecule has 0 bridgehead atoms. The molecule has 0 aliphatic heterocycles. The number of nitrogens with zero attached hydrogens (tertiary/aromatic N) is 1. The molecule has 298 valence electrons. The number of rotatable bonds is 7. The number of hydrogen-bond donors (Lipinski definition) is 0. The van der Waals surface area contributed by atoms with E-state index in [2.05, 4.69) is 243 Å². The van der Waals surface area contributed by atoms with Gasteiger partial charge in [-0.25, -0.2) is 0 Å². The molecule has 0 saturated carbocycles. The normalized spacial score (nSPS) is 12.7. The Hall–Kier alpha value is -7.94. The lowest BCUT2D eigenvalue weighted by molar-refractivity contribution is 0.660. The Labute approximate surface area is 368 Å². The van der Waals surface area contributed by atoms with E-state index < -0.39 is 0 Å². The summed E-state index contributed by atoms with van der Waals surface area (Å²) < 4.78 is 6.69. The van der Waals surface area contributed by atoms with E-state index in [1.54, 1.807) is 0 Å². The van der Waals surface area contributed by atoms with Crippen LogP contribution in [-0.2, 0) is 5.41 Å². The van der Waals surface area contributed by atoms with Crippen molar-refractivity contribution < 1.29 is 4.42 Å². The van der Waals surface area contributed by atoms with Crippen LogP contribution in [0.5, 0.6) is 0 Å². The Morgan fingerprint density at radius 2 is 0.841 bits per heavy atom. The van der Waals surface area contributed by atoms with Crippen LogP contribution < -0.4 is 4.90 Å². The molecule has 12 rings (SSSR count). The summed E-state index contributed by atoms with van der Waals surface area (Å²) >= 11 is 0. The van der Waals surface area contributed by atoms with Crippen LogP contribution in [0.2, 0.25) is 0 Å². The molecule has 2 nitrogen and oxygen atoms in total. The Morgan fingerprint density at radius 1 is 0.317 bits per heavy atom. The standard InChI is InChI=1S/C61H43NO/c1-61(2)57-23-12-11-21-51(57)52-34-33-49(38-58(52)61)62(47-29-24-42(25-30-47)40-14-5-3-6-15-40)48-31-26-43(27-32-48)54-39-56-55-37-46(45-19-13-18-44(36-45)41-16-7-4-8-17-41)28-35-59(55)63-60(56)53-22-10-9-20-50(53)54/h3-39H,1-2H3. The first kappa shape index (κ1) is 36.9. The van der Waals surface area contributed by atoms with Crippen LogP contribution in [0, 0.1) is 0 Å². The third-order valence-electron chi connectivity index (χ3n) is 13.3. The van der Waals surface area contributed by atoms with Gasteiger partial charge in [0.05, 0.1) is 0 Å². The molecule has 1 aromatic heterocycles. The lowest BCUT2D eigenvalue weighted by Crippen LogP contribution is -2.16. The lowest BCUT2D eigenvalue weighted by atomic mass is 9.82. The van der Waals surface area contributed by atoms with E-state index in [4.69, 9.17) is 4.42 Å². The molecule has 1 aliphatic carbocycles. The van der Waals surface area contributed by atoms with Gasteiger partial charge in [-0.2, -0.15) is 0 Å². The first-order chi connectivity index (χ1) is 31.0. The van der Waals surface area contributed by atoms with E-state index in [0.717, 1.165) is 55.5 Å². The maximum absolute atomic E-state index is 6.69. The van der Waals surface area contributed by atoms with Crippen LogP contribution in [0.3, 0.4) is 0 Å². The highest BCUT2D eigenvalue weighted by Crippen LogP contribution is 2.51. The maximum Gasteiger partial charge on any atom is 0.143 e. The minimum atomic E-state index is -0.113. The van der Waals surface area contributed by atoms with Crippen molar-refractivity contribution in [2.24, 2.45) is 0 Å². The fourth-order valence-corrected chi connectivity index (χ4v) is 10.0. The average Bonchev–Trinajstić information content (AvgIpc) is 3.83. The minimum absolute atomic E-state index is 0.113. The molecule has 0 fully saturated rings. The first-order valence-corrected chi connectivity index (χ1v) is 21.8. The summed E-state index contributed by atoms with van der Waals surface area (Å²) in [6.45, 7) is 4.70. The van der Waals surface area contributed by atoms with Gasteiger partial charge in [0.15, 0.2) is 0 Å². The molecule has 0 spiro atoms. The Morgan fingerprint density at radius 3 is 1.57 bits per heavy atom. The predicted octanol–water partition coefficient (Wildman–Crippen LogP) is 17.2. The van der Waals surface area contributed by atoms with Gasteiger partial charge in [-0.3, -0.25) is 0 Å². The quantitative estimate of drug-likeness (QED) is 0.160. The van der Waals surface area contributed by atoms with E-state index in [1.807, 2.05) is 0 Å². The molecule has 1 aliphatic rings. The van der Waals surface area contributed by atoms with E-state index in [1.165, 1.54) is 61.0 Å². The summed E-state index contributed by atoms with van der Waals surface area (Å²) in [5.41, 5.74) is 19.9. The highest BCUT2D eigenvalue weighted by Gasteiger charge is 2.35. The van der Waals surface area contributed by atoms with Gasteiger partial charge in [0.1, 0.15) is 11.2 Å². The molecule has 0 radical (unpaired) electrons. The molecule has 11 aromatic rings. The van der Waals surface area contributed by atoms with Crippen molar-refractivity contribution in [2.45, 2.75) is 19.3 Å². The van der Waals surface area contributed by atoms with Crippen molar-refractivity contribution in [3.8, 4) is 55.6 Å². The van der Waals surface area contributed by atoms with E-state index in [9.17, 15) is 0 Å². The molecule has 1 heterocycles. The topological polar surface area (TPSA) is 16.4 Å². The van der Waals surface area contributed by atoms with Crippen molar-refractivity contribution in [3.05, 3.63) is 236 Å². The number of furan rings is 1. The average molecular weight is 806 g/mol. The Balaban J connectivity index is 0.969. The van der Waals surface area contributed by atoms with Crippen LogP contribution >= 0.6 is 0 Å². The molecule has 10 aromatic carbocycles. The van der Waals surface area contributed by atoms with E-state index in [0.29, 0.717) is 0 Å². The van der Waals surface area contributed by atoms with Gasteiger partial charge in [0.25, 0.3) is 0 Å². The highest BCUT2D eigenvalue weighted by atomic mass is 16.3. The number of hydrogen-bond acceptors (Lipinski definition) is 2. The molecular formula is C61H43NO. The van der Waals surface area contributed by atoms with E-state index >= 15 is 0 Å². The van der Waals surface area contributed by atoms with Gasteiger partial charge in [0.2, 0.25) is 0 Å². The monoisotopic (exact) mass is 805 g/mol. The van der Waals surface area contributed by atoms with Crippen molar-refractivity contribution >= 4 is 49.8 Å². The fourth-order valence-electron chi connectivity index (χ4n) is 10.0. The van der Waals surface area contributed by atoms with Gasteiger partial charge >= 0.3 is 0 Å². The van der Waals surface area contributed by atoms with Gasteiger partial charge in [-0.05, 0) is 133 Å². The second-order valence-electron chi connectivity index (χ2n) is 17.3. The maximum atomic E-state index is 6.69. The second-order valence-corrected chi connectivity index (χ2v) is 17.3. The summed E-state index contributed by atoms with van der Waals surface area (Å²) in [5, 5.41) is 4.51. The molecule has 0 amide bonds. The molecule has 0 unspecified atom stereocenters. The lowest BCUT2D eigenvalue weighted by Gasteiger charge is -2.28. The molecule has 0 saturated heterocycles. The molecule has 0 N–H and O–H groups in total. The molecular weight excluding hydrogens is 763 g/mol. The van der Waals surface area contributed by atoms with Crippen LogP contribution in [0.15, 0.2) is 229 Å². The third kappa shape index (κ3) is 6.17. The molecule has 2 heteroatoms. The second kappa shape index (κ2) is 14.6. The largest absolute Gasteiger partial charge is 0.455 e. The Kier molecular flexibility index (Phi) is 8.55. The summed E-state index contributed by atoms with van der Waals surface area (Å²) in [7, 11) is 0. The van der Waals surface area contributed by atoms with Crippen LogP contribution in [0.25, 0.3) is 88.3 Å². The van der Waals surface area contributed by atoms with E-state index in [-0.39, 0.29) is 5.41 Å². The number of anilines is 3. The SMILES string of the molecule is CC1(C)c2ccccc2-c2ccc(N(c3ccc(-c4ccccc4)cc3)c3ccc(-c4cc5c6cc(-c7cccc(-c8ccccc8)c7)ccc6oc5c5ccccc45)cc3)cc21. The van der Waals surface area contributed by atoms with Crippen LogP contribution in [-0.4, -0.2) is 0 Å². The summed E-state index contributed by atoms with van der Waals surface area (Å²) in [6, 6.07) is 81.5. The van der Waals surface area contributed by atoms with Gasteiger partial charge in [-0.1, -0.05) is 178 Å². The summed E-state index contributed by atoms with van der Waals surface area (Å²) in [5.74, 6) is 0. The third-order valence-corrected chi connectivity index (χ3v) is 13.3. The van der Waals surface area contributed by atoms with Crippen molar-refractivity contribution in [3.63, 3.8) is 0 Å². The van der Waals surface area contributed by atoms with Gasteiger partial charge in [0, 0.05) is 38.6 Å². The minimum Gasteiger partial charge on any atom is -0.455 e. The summed E-state index contributed by atoms with van der Waals surface area (Å²) in [6.07, 6.45) is 0. The zero-order valence-corrected chi connectivity index (χ0v) is 35.2. The van der Waals surface area contributed by atoms with Crippen molar-refractivity contribution in [2.75, 3.05) is 4.90 Å². The van der Waals surface area contributed by atoms with Crippen molar-refractivity contribution in [1.29, 1.82) is 0 Å². The predicted molar refractivity (Wildman–Crippen MR) is 265 cm³/mol. The van der Waals surface area contributed by atoms with Crippen molar-refractivity contribution in [1.82, 2.24) is 0 Å².